The Labute approximate surface area is 245 Å². The minimum atomic E-state index is -0.250. The second-order valence-electron chi connectivity index (χ2n) is 12.4. The fourth-order valence-corrected chi connectivity index (χ4v) is 8.05. The molecule has 1 saturated heterocycles. The molecule has 1 atom stereocenters. The molecule has 4 fully saturated rings. The van der Waals surface area contributed by atoms with E-state index in [1.54, 1.807) is 5.57 Å². The van der Waals surface area contributed by atoms with Crippen molar-refractivity contribution in [2.45, 2.75) is 130 Å². The highest BCUT2D eigenvalue weighted by Gasteiger charge is 2.40. The van der Waals surface area contributed by atoms with Gasteiger partial charge in [0.25, 0.3) is 6.47 Å². The topological polar surface area (TPSA) is 49.8 Å². The molecule has 0 bridgehead atoms. The van der Waals surface area contributed by atoms with Gasteiger partial charge in [-0.25, -0.2) is 0 Å². The maximum Gasteiger partial charge on any atom is 0.290 e. The van der Waals surface area contributed by atoms with Gasteiger partial charge in [0.15, 0.2) is 0 Å². The van der Waals surface area contributed by atoms with Gasteiger partial charge >= 0.3 is 0 Å². The van der Waals surface area contributed by atoms with Crippen LogP contribution in [0.5, 0.6) is 0 Å². The molecular weight excluding hydrogens is 521 g/mol. The number of allylic oxidation sites excluding steroid dienone is 1. The Balaban J connectivity index is 0.000000412. The van der Waals surface area contributed by atoms with Gasteiger partial charge in [-0.05, 0) is 90.8 Å². The van der Waals surface area contributed by atoms with Crippen LogP contribution < -0.4 is 4.90 Å². The van der Waals surface area contributed by atoms with Gasteiger partial charge < -0.3 is 14.7 Å². The fraction of sp³-hybridized carbons (Fsp3) is 0.727. The number of hydrogen-bond donors (Lipinski definition) is 1. The minimum absolute atomic E-state index is 0. The Kier molecular flexibility index (Phi) is 14.1. The molecule has 1 unspecified atom stereocenters. The summed E-state index contributed by atoms with van der Waals surface area (Å²) in [5.74, 6) is 7.87. The Hall–Kier alpha value is -1.34. The second-order valence-corrected chi connectivity index (χ2v) is 15.5. The third-order valence-electron chi connectivity index (χ3n) is 8.03. The maximum absolute atomic E-state index is 8.36. The van der Waals surface area contributed by atoms with Crippen molar-refractivity contribution in [2.24, 2.45) is 11.3 Å². The van der Waals surface area contributed by atoms with E-state index in [1.807, 2.05) is 11.3 Å². The van der Waals surface area contributed by atoms with Crippen molar-refractivity contribution in [1.29, 1.82) is 0 Å². The molecule has 5 rings (SSSR count). The summed E-state index contributed by atoms with van der Waals surface area (Å²) in [6.07, 6.45) is 20.1. The second kappa shape index (κ2) is 16.2. The monoisotopic (exact) mass is 575 g/mol. The Bertz CT molecular complexity index is 955. The first kappa shape index (κ1) is 33.9. The summed E-state index contributed by atoms with van der Waals surface area (Å²) in [4.78, 5) is 13.6. The summed E-state index contributed by atoms with van der Waals surface area (Å²) in [7, 11) is 1.01. The van der Waals surface area contributed by atoms with E-state index in [0.29, 0.717) is 6.04 Å². The average Bonchev–Trinajstić information content (AvgIpc) is 3.46. The standard InChI is InChI=1S/C24H34NOPS.C7H14.CH2O2.CH4/c1-18-22(16-21(28-18)10-11-23(2,3)4)25(17-19-6-5-7-19)20-8-12-24(13-9-20)26-14-15-27-24;1-7-5-3-2-4-6-7;2-1-3;/h16-17,20,27H,5-9,12-15H2,1-4H3;7H,2-6H2,1H3;1H,(H,2,3);1H4. The van der Waals surface area contributed by atoms with Crippen LogP contribution in [-0.4, -0.2) is 35.7 Å². The van der Waals surface area contributed by atoms with E-state index in [1.165, 1.54) is 98.7 Å². The van der Waals surface area contributed by atoms with Crippen LogP contribution in [0.1, 0.15) is 122 Å². The van der Waals surface area contributed by atoms with Gasteiger partial charge in [0.2, 0.25) is 0 Å². The number of hydrogen-bond acceptors (Lipinski definition) is 4. The maximum atomic E-state index is 8.36. The minimum Gasteiger partial charge on any atom is -0.483 e. The highest BCUT2D eigenvalue weighted by Crippen LogP contribution is 2.50. The third-order valence-corrected chi connectivity index (χ3v) is 10.7. The molecule has 1 aromatic heterocycles. The van der Waals surface area contributed by atoms with Gasteiger partial charge in [-0.1, -0.05) is 72.4 Å². The molecule has 3 aliphatic carbocycles. The lowest BCUT2D eigenvalue weighted by Gasteiger charge is -2.41. The number of nitrogens with zero attached hydrogens (tertiary/aromatic N) is 1. The van der Waals surface area contributed by atoms with Gasteiger partial charge in [0, 0.05) is 22.5 Å². The van der Waals surface area contributed by atoms with E-state index in [2.05, 4.69) is 63.6 Å². The molecule has 2 heterocycles. The van der Waals surface area contributed by atoms with E-state index in [-0.39, 0.29) is 24.7 Å². The van der Waals surface area contributed by atoms with Crippen molar-refractivity contribution in [3.8, 4) is 11.8 Å². The molecule has 1 aliphatic heterocycles. The van der Waals surface area contributed by atoms with Crippen LogP contribution in [0, 0.1) is 30.1 Å². The van der Waals surface area contributed by atoms with Gasteiger partial charge in [-0.15, -0.1) is 11.3 Å². The summed E-state index contributed by atoms with van der Waals surface area (Å²) < 4.78 is 6.18. The van der Waals surface area contributed by atoms with Crippen molar-refractivity contribution in [3.63, 3.8) is 0 Å². The molecule has 3 saturated carbocycles. The first-order valence-electron chi connectivity index (χ1n) is 14.7. The molecule has 1 N–H and O–H groups in total. The first-order chi connectivity index (χ1) is 18.1. The summed E-state index contributed by atoms with van der Waals surface area (Å²) in [6.45, 7) is 11.9. The molecule has 39 heavy (non-hydrogen) atoms. The predicted molar refractivity (Wildman–Crippen MR) is 172 cm³/mol. The van der Waals surface area contributed by atoms with Gasteiger partial charge in [-0.3, -0.25) is 4.79 Å². The van der Waals surface area contributed by atoms with Crippen LogP contribution in [0.2, 0.25) is 0 Å². The number of carbonyl (C=O) groups is 1. The number of anilines is 1. The Morgan fingerprint density at radius 1 is 1.13 bits per heavy atom. The van der Waals surface area contributed by atoms with Gasteiger partial charge in [-0.2, -0.15) is 0 Å². The van der Waals surface area contributed by atoms with Crippen LogP contribution in [0.3, 0.4) is 0 Å². The number of rotatable bonds is 3. The highest BCUT2D eigenvalue weighted by molar-refractivity contribution is 7.40. The number of aryl methyl sites for hydroxylation is 1. The van der Waals surface area contributed by atoms with E-state index in [4.69, 9.17) is 14.6 Å². The van der Waals surface area contributed by atoms with Crippen molar-refractivity contribution in [2.75, 3.05) is 17.7 Å². The number of ether oxygens (including phenoxy) is 1. The predicted octanol–water partition coefficient (Wildman–Crippen LogP) is 9.60. The fourth-order valence-electron chi connectivity index (χ4n) is 5.67. The Morgan fingerprint density at radius 2 is 1.77 bits per heavy atom. The molecule has 4 aliphatic rings. The number of carboxylic acid groups (broad SMARTS) is 1. The average molecular weight is 576 g/mol. The lowest BCUT2D eigenvalue weighted by atomic mass is 9.89. The molecule has 1 spiro atoms. The van der Waals surface area contributed by atoms with Crippen LogP contribution >= 0.6 is 19.9 Å². The summed E-state index contributed by atoms with van der Waals surface area (Å²) in [5, 5.41) is 7.12. The lowest BCUT2D eigenvalue weighted by molar-refractivity contribution is -0.122. The van der Waals surface area contributed by atoms with Crippen molar-refractivity contribution < 1.29 is 14.6 Å². The normalized spacial score (nSPS) is 25.1. The van der Waals surface area contributed by atoms with Gasteiger partial charge in [0.05, 0.1) is 22.5 Å². The first-order valence-corrected chi connectivity index (χ1v) is 16.8. The Morgan fingerprint density at radius 3 is 2.23 bits per heavy atom. The highest BCUT2D eigenvalue weighted by atomic mass is 32.1. The van der Waals surface area contributed by atoms with E-state index >= 15 is 0 Å². The molecule has 1 aromatic rings. The van der Waals surface area contributed by atoms with Crippen LogP contribution in [-0.2, 0) is 9.53 Å². The molecule has 0 aromatic carbocycles. The zero-order valence-corrected chi connectivity index (χ0v) is 26.2. The zero-order chi connectivity index (χ0) is 27.6. The molecule has 0 radical (unpaired) electrons. The number of thiophene rings is 1. The largest absolute Gasteiger partial charge is 0.483 e. The van der Waals surface area contributed by atoms with Crippen LogP contribution in [0.25, 0.3) is 0 Å². The van der Waals surface area contributed by atoms with E-state index in [0.717, 1.165) is 21.1 Å². The van der Waals surface area contributed by atoms with Crippen molar-refractivity contribution in [3.05, 3.63) is 27.6 Å². The third kappa shape index (κ3) is 10.9. The van der Waals surface area contributed by atoms with Crippen molar-refractivity contribution >= 4 is 32.1 Å². The summed E-state index contributed by atoms with van der Waals surface area (Å²) in [5.41, 5.74) is 3.05. The van der Waals surface area contributed by atoms with E-state index in [9.17, 15) is 0 Å². The smallest absolute Gasteiger partial charge is 0.290 e. The molecular formula is C33H54NO3PS. The van der Waals surface area contributed by atoms with Gasteiger partial charge in [0.1, 0.15) is 0 Å². The zero-order valence-electron chi connectivity index (χ0n) is 24.4. The quantitative estimate of drug-likeness (QED) is 0.221. The van der Waals surface area contributed by atoms with E-state index < -0.39 is 0 Å². The van der Waals surface area contributed by atoms with Crippen molar-refractivity contribution in [1.82, 2.24) is 0 Å². The lowest BCUT2D eigenvalue weighted by Crippen LogP contribution is -2.40. The summed E-state index contributed by atoms with van der Waals surface area (Å²) >= 11 is 1.85. The van der Waals surface area contributed by atoms with Crippen LogP contribution in [0.15, 0.2) is 17.8 Å². The molecule has 4 nitrogen and oxygen atoms in total. The summed E-state index contributed by atoms with van der Waals surface area (Å²) in [6, 6.07) is 2.94. The molecule has 6 heteroatoms. The SMILES string of the molecule is C.CC1CCCCC1.Cc1sc(C#CC(C)(C)C)cc1N(C=C1CCC1)C1CCC2(CC1)OCCP2.O=CO. The van der Waals surface area contributed by atoms with Crippen LogP contribution in [0.4, 0.5) is 5.69 Å². The molecule has 0 amide bonds. The molecule has 220 valence electrons.